The Bertz CT molecular complexity index is 569. The third-order valence-electron chi connectivity index (χ3n) is 2.43. The smallest absolute Gasteiger partial charge is 0.251 e. The quantitative estimate of drug-likeness (QED) is 0.500. The number of aromatic amines is 1. The number of ether oxygens (including phenoxy) is 1. The van der Waals surface area contributed by atoms with Crippen molar-refractivity contribution in [3.8, 4) is 0 Å². The average Bonchev–Trinajstić information content (AvgIpc) is 2.38. The first kappa shape index (κ1) is 13.8. The maximum atomic E-state index is 11.2. The number of benzene rings is 1. The van der Waals surface area contributed by atoms with Gasteiger partial charge in [0.1, 0.15) is 0 Å². The van der Waals surface area contributed by atoms with Crippen molar-refractivity contribution in [1.82, 2.24) is 9.97 Å². The summed E-state index contributed by atoms with van der Waals surface area (Å²) in [6.45, 7) is 3.04. The number of rotatable bonds is 6. The van der Waals surface area contributed by atoms with Crippen LogP contribution in [0, 0.1) is 6.92 Å². The van der Waals surface area contributed by atoms with Gasteiger partial charge in [-0.25, -0.2) is 4.98 Å². The van der Waals surface area contributed by atoms with Gasteiger partial charge in [-0.15, -0.1) is 0 Å². The van der Waals surface area contributed by atoms with Gasteiger partial charge in [0.25, 0.3) is 5.56 Å². The standard InChI is InChI=1S/C14H16N2O2S/c1-11-9-13(17)16-14(15-11)19-8-7-18-10-12-5-3-2-4-6-12/h2-6,9H,7-8,10H2,1H3,(H,15,16,17). The summed E-state index contributed by atoms with van der Waals surface area (Å²) in [5, 5.41) is 0.647. The molecular weight excluding hydrogens is 260 g/mol. The molecule has 0 saturated heterocycles. The number of nitrogens with one attached hydrogen (secondary N) is 1. The lowest BCUT2D eigenvalue weighted by Crippen LogP contribution is -2.08. The summed E-state index contributed by atoms with van der Waals surface area (Å²) in [7, 11) is 0. The van der Waals surface area contributed by atoms with Crippen molar-refractivity contribution in [2.75, 3.05) is 12.4 Å². The van der Waals surface area contributed by atoms with Crippen molar-refractivity contribution in [2.45, 2.75) is 18.7 Å². The lowest BCUT2D eigenvalue weighted by molar-refractivity contribution is 0.136. The Hall–Kier alpha value is -1.59. The molecule has 1 aromatic heterocycles. The molecule has 0 bridgehead atoms. The Labute approximate surface area is 116 Å². The van der Waals surface area contributed by atoms with Gasteiger partial charge in [0, 0.05) is 17.5 Å². The molecular formula is C14H16N2O2S. The number of aryl methyl sites for hydroxylation is 1. The highest BCUT2D eigenvalue weighted by atomic mass is 32.2. The van der Waals surface area contributed by atoms with Gasteiger partial charge in [0.05, 0.1) is 13.2 Å². The van der Waals surface area contributed by atoms with E-state index in [0.717, 1.165) is 17.0 Å². The van der Waals surface area contributed by atoms with Crippen molar-refractivity contribution in [2.24, 2.45) is 0 Å². The molecule has 19 heavy (non-hydrogen) atoms. The topological polar surface area (TPSA) is 55.0 Å². The van der Waals surface area contributed by atoms with Crippen molar-refractivity contribution in [3.05, 3.63) is 58.0 Å². The first-order valence-corrected chi connectivity index (χ1v) is 7.05. The van der Waals surface area contributed by atoms with Crippen LogP contribution in [-0.4, -0.2) is 22.3 Å². The van der Waals surface area contributed by atoms with Crippen molar-refractivity contribution < 1.29 is 4.74 Å². The zero-order chi connectivity index (χ0) is 13.5. The van der Waals surface area contributed by atoms with E-state index >= 15 is 0 Å². The largest absolute Gasteiger partial charge is 0.376 e. The van der Waals surface area contributed by atoms with Gasteiger partial charge in [-0.05, 0) is 12.5 Å². The van der Waals surface area contributed by atoms with E-state index in [1.165, 1.54) is 17.8 Å². The number of hydrogen-bond donors (Lipinski definition) is 1. The number of hydrogen-bond acceptors (Lipinski definition) is 4. The third kappa shape index (κ3) is 4.89. The molecule has 1 aromatic carbocycles. The van der Waals surface area contributed by atoms with Crippen LogP contribution in [-0.2, 0) is 11.3 Å². The van der Waals surface area contributed by atoms with Crippen molar-refractivity contribution >= 4 is 11.8 Å². The SMILES string of the molecule is Cc1cc(=O)[nH]c(SCCOCc2ccccc2)n1. The second-order valence-corrected chi connectivity index (χ2v) is 5.16. The fourth-order valence-corrected chi connectivity index (χ4v) is 2.36. The van der Waals surface area contributed by atoms with Gasteiger partial charge in [-0.1, -0.05) is 42.1 Å². The monoisotopic (exact) mass is 276 g/mol. The third-order valence-corrected chi connectivity index (χ3v) is 3.26. The van der Waals surface area contributed by atoms with E-state index in [2.05, 4.69) is 9.97 Å². The summed E-state index contributed by atoms with van der Waals surface area (Å²) < 4.78 is 5.56. The molecule has 0 aliphatic heterocycles. The Morgan fingerprint density at radius 1 is 1.32 bits per heavy atom. The number of H-pyrrole nitrogens is 1. The molecule has 4 nitrogen and oxygen atoms in total. The predicted octanol–water partition coefficient (Wildman–Crippen LogP) is 2.39. The minimum Gasteiger partial charge on any atom is -0.376 e. The molecule has 0 aliphatic rings. The lowest BCUT2D eigenvalue weighted by Gasteiger charge is -2.04. The Balaban J connectivity index is 1.71. The molecule has 0 amide bonds. The molecule has 0 spiro atoms. The van der Waals surface area contributed by atoms with Gasteiger partial charge >= 0.3 is 0 Å². The van der Waals surface area contributed by atoms with Gasteiger partial charge in [0.15, 0.2) is 5.16 Å². The van der Waals surface area contributed by atoms with Crippen LogP contribution in [0.4, 0.5) is 0 Å². The molecule has 5 heteroatoms. The molecule has 100 valence electrons. The fourth-order valence-electron chi connectivity index (χ4n) is 1.58. The van der Waals surface area contributed by atoms with Crippen LogP contribution in [0.25, 0.3) is 0 Å². The van der Waals surface area contributed by atoms with E-state index in [1.807, 2.05) is 37.3 Å². The second kappa shape index (κ2) is 7.11. The Kier molecular flexibility index (Phi) is 5.18. The molecule has 0 radical (unpaired) electrons. The molecule has 0 saturated carbocycles. The second-order valence-electron chi connectivity index (χ2n) is 4.08. The van der Waals surface area contributed by atoms with E-state index in [1.54, 1.807) is 0 Å². The van der Waals surface area contributed by atoms with Crippen LogP contribution in [0.3, 0.4) is 0 Å². The Morgan fingerprint density at radius 3 is 2.84 bits per heavy atom. The number of aromatic nitrogens is 2. The zero-order valence-electron chi connectivity index (χ0n) is 10.8. The maximum absolute atomic E-state index is 11.2. The first-order chi connectivity index (χ1) is 9.24. The van der Waals surface area contributed by atoms with Crippen LogP contribution in [0.1, 0.15) is 11.3 Å². The van der Waals surface area contributed by atoms with Crippen LogP contribution < -0.4 is 5.56 Å². The highest BCUT2D eigenvalue weighted by Crippen LogP contribution is 2.11. The van der Waals surface area contributed by atoms with Gasteiger partial charge in [0.2, 0.25) is 0 Å². The molecule has 0 fully saturated rings. The molecule has 1 N–H and O–H groups in total. The van der Waals surface area contributed by atoms with Crippen LogP contribution in [0.2, 0.25) is 0 Å². The fraction of sp³-hybridized carbons (Fsp3) is 0.286. The first-order valence-electron chi connectivity index (χ1n) is 6.06. The van der Waals surface area contributed by atoms with Gasteiger partial charge in [-0.2, -0.15) is 0 Å². The van der Waals surface area contributed by atoms with E-state index in [9.17, 15) is 4.79 Å². The summed E-state index contributed by atoms with van der Waals surface area (Å²) in [6.07, 6.45) is 0. The average molecular weight is 276 g/mol. The van der Waals surface area contributed by atoms with Crippen molar-refractivity contribution in [1.29, 1.82) is 0 Å². The minimum atomic E-state index is -0.111. The summed E-state index contributed by atoms with van der Waals surface area (Å²) >= 11 is 1.49. The summed E-state index contributed by atoms with van der Waals surface area (Å²) in [6, 6.07) is 11.5. The van der Waals surface area contributed by atoms with Crippen LogP contribution in [0.15, 0.2) is 46.3 Å². The van der Waals surface area contributed by atoms with Crippen LogP contribution >= 0.6 is 11.8 Å². The lowest BCUT2D eigenvalue weighted by atomic mass is 10.2. The highest BCUT2D eigenvalue weighted by Gasteiger charge is 1.99. The normalized spacial score (nSPS) is 10.6. The van der Waals surface area contributed by atoms with E-state index in [4.69, 9.17) is 4.74 Å². The zero-order valence-corrected chi connectivity index (χ0v) is 11.6. The van der Waals surface area contributed by atoms with E-state index in [0.29, 0.717) is 18.4 Å². The molecule has 1 heterocycles. The molecule has 0 unspecified atom stereocenters. The molecule has 0 atom stereocenters. The Morgan fingerprint density at radius 2 is 2.11 bits per heavy atom. The van der Waals surface area contributed by atoms with Crippen LogP contribution in [0.5, 0.6) is 0 Å². The number of thioether (sulfide) groups is 1. The predicted molar refractivity (Wildman–Crippen MR) is 76.4 cm³/mol. The summed E-state index contributed by atoms with van der Waals surface area (Å²) in [5.41, 5.74) is 1.78. The van der Waals surface area contributed by atoms with E-state index < -0.39 is 0 Å². The maximum Gasteiger partial charge on any atom is 0.251 e. The molecule has 2 aromatic rings. The summed E-state index contributed by atoms with van der Waals surface area (Å²) in [4.78, 5) is 18.2. The van der Waals surface area contributed by atoms with Gasteiger partial charge in [-0.3, -0.25) is 4.79 Å². The van der Waals surface area contributed by atoms with Gasteiger partial charge < -0.3 is 9.72 Å². The van der Waals surface area contributed by atoms with E-state index in [-0.39, 0.29) is 5.56 Å². The minimum absolute atomic E-state index is 0.111. The number of nitrogens with zero attached hydrogens (tertiary/aromatic N) is 1. The van der Waals surface area contributed by atoms with Crippen molar-refractivity contribution in [3.63, 3.8) is 0 Å². The highest BCUT2D eigenvalue weighted by molar-refractivity contribution is 7.99. The molecule has 2 rings (SSSR count). The summed E-state index contributed by atoms with van der Waals surface area (Å²) in [5.74, 6) is 0.763. The molecule has 0 aliphatic carbocycles.